The Morgan fingerprint density at radius 2 is 2.05 bits per heavy atom. The summed E-state index contributed by atoms with van der Waals surface area (Å²) in [5.41, 5.74) is 0. The molecule has 106 valence electrons. The summed E-state index contributed by atoms with van der Waals surface area (Å²) in [6.07, 6.45) is 1.45. The summed E-state index contributed by atoms with van der Waals surface area (Å²) in [7, 11) is -3.90. The Hall–Kier alpha value is -0.970. The summed E-state index contributed by atoms with van der Waals surface area (Å²) < 4.78 is 27.5. The molecule has 6 nitrogen and oxygen atoms in total. The largest absolute Gasteiger partial charge is 0.477 e. The molecule has 2 rings (SSSR count). The van der Waals surface area contributed by atoms with Gasteiger partial charge >= 0.3 is 5.97 Å². The molecule has 0 aliphatic carbocycles. The Kier molecular flexibility index (Phi) is 4.47. The van der Waals surface area contributed by atoms with Gasteiger partial charge in [-0.15, -0.1) is 11.3 Å². The smallest absolute Gasteiger partial charge is 0.345 e. The van der Waals surface area contributed by atoms with Crippen LogP contribution in [0.3, 0.4) is 0 Å². The third-order valence-electron chi connectivity index (χ3n) is 2.12. The van der Waals surface area contributed by atoms with Crippen molar-refractivity contribution < 1.29 is 18.3 Å². The summed E-state index contributed by atoms with van der Waals surface area (Å²) in [5.74, 6) is -1.04. The number of nitrogens with one attached hydrogen (secondary N) is 1. The minimum absolute atomic E-state index is 0.0685. The maximum atomic E-state index is 12.2. The number of hydrogen-bond acceptors (Lipinski definition) is 5. The normalized spacial score (nSPS) is 11.3. The van der Waals surface area contributed by atoms with Gasteiger partial charge in [0.1, 0.15) is 15.6 Å². The Morgan fingerprint density at radius 3 is 2.55 bits per heavy atom. The van der Waals surface area contributed by atoms with Gasteiger partial charge in [0, 0.05) is 10.7 Å². The van der Waals surface area contributed by atoms with E-state index in [-0.39, 0.29) is 19.4 Å². The number of sulfonamides is 1. The molecule has 0 fully saturated rings. The number of pyridine rings is 1. The fourth-order valence-corrected chi connectivity index (χ4v) is 4.92. The Labute approximate surface area is 135 Å². The van der Waals surface area contributed by atoms with Crippen LogP contribution in [0.2, 0.25) is 0 Å². The summed E-state index contributed by atoms with van der Waals surface area (Å²) in [6, 6.07) is 4.22. The van der Waals surface area contributed by atoms with Crippen LogP contribution in [-0.2, 0) is 10.0 Å². The number of anilines is 1. The topological polar surface area (TPSA) is 96.4 Å². The fraction of sp³-hybridized carbons (Fsp3) is 0. The number of aromatic nitrogens is 1. The number of rotatable bonds is 4. The Bertz CT molecular complexity index is 756. The van der Waals surface area contributed by atoms with Crippen molar-refractivity contribution in [2.45, 2.75) is 4.90 Å². The summed E-state index contributed by atoms with van der Waals surface area (Å²) in [4.78, 5) is 14.5. The van der Waals surface area contributed by atoms with Crippen LogP contribution in [0.4, 0.5) is 5.82 Å². The highest BCUT2D eigenvalue weighted by Crippen LogP contribution is 2.32. The molecule has 2 aromatic rings. The highest BCUT2D eigenvalue weighted by Gasteiger charge is 2.23. The molecule has 0 atom stereocenters. The first-order valence-corrected chi connectivity index (χ1v) is 8.85. The number of carbonyl (C=O) groups is 1. The van der Waals surface area contributed by atoms with Gasteiger partial charge in [-0.25, -0.2) is 18.2 Å². The monoisotopic (exact) mass is 440 g/mol. The fourth-order valence-electron chi connectivity index (χ4n) is 1.27. The van der Waals surface area contributed by atoms with Crippen LogP contribution in [0, 0.1) is 0 Å². The molecule has 20 heavy (non-hydrogen) atoms. The van der Waals surface area contributed by atoms with E-state index >= 15 is 0 Å². The molecular formula is C10H6Br2N2O4S2. The number of carboxylic acid groups (broad SMARTS) is 1. The maximum Gasteiger partial charge on any atom is 0.345 e. The van der Waals surface area contributed by atoms with Crippen LogP contribution in [-0.4, -0.2) is 24.5 Å². The lowest BCUT2D eigenvalue weighted by Crippen LogP contribution is -2.13. The van der Waals surface area contributed by atoms with E-state index < -0.39 is 16.0 Å². The lowest BCUT2D eigenvalue weighted by atomic mass is 10.5. The quantitative estimate of drug-likeness (QED) is 0.759. The molecule has 0 amide bonds. The zero-order valence-corrected chi connectivity index (χ0v) is 14.3. The Morgan fingerprint density at radius 1 is 1.35 bits per heavy atom. The zero-order valence-electron chi connectivity index (χ0n) is 9.50. The number of nitrogens with zero attached hydrogens (tertiary/aromatic N) is 1. The minimum Gasteiger partial charge on any atom is -0.477 e. The lowest BCUT2D eigenvalue weighted by Gasteiger charge is -2.05. The van der Waals surface area contributed by atoms with Gasteiger partial charge in [-0.05, 0) is 50.1 Å². The molecule has 2 aromatic heterocycles. The van der Waals surface area contributed by atoms with Crippen LogP contribution in [0.25, 0.3) is 0 Å². The molecule has 2 heterocycles. The molecule has 0 unspecified atom stereocenters. The van der Waals surface area contributed by atoms with Crippen LogP contribution in [0.1, 0.15) is 9.67 Å². The number of hydrogen-bond donors (Lipinski definition) is 2. The third kappa shape index (κ3) is 3.37. The maximum absolute atomic E-state index is 12.2. The van der Waals surface area contributed by atoms with Crippen LogP contribution >= 0.6 is 43.2 Å². The molecular weight excluding hydrogens is 436 g/mol. The highest BCUT2D eigenvalue weighted by molar-refractivity contribution is 9.11. The lowest BCUT2D eigenvalue weighted by molar-refractivity contribution is 0.0702. The minimum atomic E-state index is -3.90. The molecule has 0 spiro atoms. The zero-order chi connectivity index (χ0) is 14.9. The van der Waals surface area contributed by atoms with E-state index in [0.717, 1.165) is 17.4 Å². The number of thiophene rings is 1. The van der Waals surface area contributed by atoms with E-state index in [9.17, 15) is 13.2 Å². The number of carboxylic acids is 1. The third-order valence-corrected chi connectivity index (χ3v) is 6.19. The van der Waals surface area contributed by atoms with Gasteiger partial charge in [-0.3, -0.25) is 4.72 Å². The van der Waals surface area contributed by atoms with Gasteiger partial charge in [0.15, 0.2) is 0 Å². The SMILES string of the molecule is O=C(O)c1cc(S(=O)(=O)Nc2ccc(Br)cn2)c(Br)s1. The second-order valence-electron chi connectivity index (χ2n) is 3.52. The van der Waals surface area contributed by atoms with Crippen LogP contribution in [0.5, 0.6) is 0 Å². The van der Waals surface area contributed by atoms with Gasteiger partial charge in [0.2, 0.25) is 0 Å². The molecule has 0 aromatic carbocycles. The van der Waals surface area contributed by atoms with E-state index in [0.29, 0.717) is 4.47 Å². The first kappa shape index (κ1) is 15.4. The van der Waals surface area contributed by atoms with Crippen molar-refractivity contribution in [3.05, 3.63) is 37.5 Å². The van der Waals surface area contributed by atoms with E-state index in [1.807, 2.05) is 0 Å². The van der Waals surface area contributed by atoms with Crippen molar-refractivity contribution in [2.24, 2.45) is 0 Å². The molecule has 0 saturated heterocycles. The first-order chi connectivity index (χ1) is 9.29. The summed E-state index contributed by atoms with van der Waals surface area (Å²) in [6.45, 7) is 0. The average Bonchev–Trinajstić information content (AvgIpc) is 2.75. The molecule has 0 bridgehead atoms. The van der Waals surface area contributed by atoms with Crippen molar-refractivity contribution in [1.29, 1.82) is 0 Å². The van der Waals surface area contributed by atoms with Crippen molar-refractivity contribution >= 4 is 65.0 Å². The van der Waals surface area contributed by atoms with Gasteiger partial charge < -0.3 is 5.11 Å². The van der Waals surface area contributed by atoms with E-state index in [1.165, 1.54) is 12.3 Å². The summed E-state index contributed by atoms with van der Waals surface area (Å²) >= 11 is 7.08. The molecule has 0 saturated carbocycles. The van der Waals surface area contributed by atoms with Crippen molar-refractivity contribution in [2.75, 3.05) is 4.72 Å². The van der Waals surface area contributed by atoms with E-state index in [4.69, 9.17) is 5.11 Å². The number of halogens is 2. The molecule has 0 aliphatic heterocycles. The summed E-state index contributed by atoms with van der Waals surface area (Å²) in [5, 5.41) is 8.87. The second-order valence-corrected chi connectivity index (χ2v) is 8.46. The van der Waals surface area contributed by atoms with Crippen LogP contribution in [0.15, 0.2) is 37.6 Å². The van der Waals surface area contributed by atoms with Gasteiger partial charge in [0.05, 0.1) is 3.79 Å². The molecule has 0 radical (unpaired) electrons. The molecule has 10 heteroatoms. The first-order valence-electron chi connectivity index (χ1n) is 4.96. The van der Waals surface area contributed by atoms with Crippen molar-refractivity contribution in [3.8, 4) is 0 Å². The van der Waals surface area contributed by atoms with Crippen LogP contribution < -0.4 is 4.72 Å². The molecule has 2 N–H and O–H groups in total. The van der Waals surface area contributed by atoms with Crippen molar-refractivity contribution in [1.82, 2.24) is 4.98 Å². The number of aromatic carboxylic acids is 1. The van der Waals surface area contributed by atoms with Gasteiger partial charge in [-0.1, -0.05) is 0 Å². The predicted molar refractivity (Wildman–Crippen MR) is 81.7 cm³/mol. The van der Waals surface area contributed by atoms with Gasteiger partial charge in [0.25, 0.3) is 10.0 Å². The second kappa shape index (κ2) is 5.80. The predicted octanol–water partition coefficient (Wildman–Crippen LogP) is 3.17. The standard InChI is InChI=1S/C10H6Br2N2O4S2/c11-5-1-2-8(13-4-5)14-20(17,18)7-3-6(10(15)16)19-9(7)12/h1-4H,(H,13,14)(H,15,16). The average molecular weight is 442 g/mol. The van der Waals surface area contributed by atoms with E-state index in [1.54, 1.807) is 6.07 Å². The van der Waals surface area contributed by atoms with Crippen molar-refractivity contribution in [3.63, 3.8) is 0 Å². The molecule has 0 aliphatic rings. The Balaban J connectivity index is 2.35. The van der Waals surface area contributed by atoms with E-state index in [2.05, 4.69) is 41.6 Å². The highest BCUT2D eigenvalue weighted by atomic mass is 79.9. The van der Waals surface area contributed by atoms with Gasteiger partial charge in [-0.2, -0.15) is 0 Å².